The van der Waals surface area contributed by atoms with E-state index < -0.39 is 40.4 Å². The highest BCUT2D eigenvalue weighted by molar-refractivity contribution is 6.30. The first kappa shape index (κ1) is 31.4. The van der Waals surface area contributed by atoms with Crippen molar-refractivity contribution in [2.24, 2.45) is 0 Å². The summed E-state index contributed by atoms with van der Waals surface area (Å²) in [5.74, 6) is -3.38. The second-order valence-corrected chi connectivity index (χ2v) is 12.2. The molecule has 0 bridgehead atoms. The molecule has 0 aliphatic carbocycles. The Labute approximate surface area is 268 Å². The number of hydrogen-bond acceptors (Lipinski definition) is 5. The molecule has 46 heavy (non-hydrogen) atoms. The Morgan fingerprint density at radius 3 is 2.43 bits per heavy atom. The van der Waals surface area contributed by atoms with Gasteiger partial charge in [0.05, 0.1) is 5.39 Å². The van der Waals surface area contributed by atoms with Crippen LogP contribution in [0.15, 0.2) is 75.9 Å². The number of piperidine rings is 1. The lowest BCUT2D eigenvalue weighted by Gasteiger charge is -2.35. The Hall–Kier alpha value is -4.57. The van der Waals surface area contributed by atoms with E-state index in [-0.39, 0.29) is 29.5 Å². The van der Waals surface area contributed by atoms with E-state index in [0.717, 1.165) is 36.2 Å². The second kappa shape index (κ2) is 13.4. The summed E-state index contributed by atoms with van der Waals surface area (Å²) in [7, 11) is 0. The van der Waals surface area contributed by atoms with E-state index in [2.05, 4.69) is 17.4 Å². The predicted octanol–water partition coefficient (Wildman–Crippen LogP) is 5.59. The van der Waals surface area contributed by atoms with Crippen molar-refractivity contribution >= 4 is 40.3 Å². The number of rotatable bonds is 8. The average Bonchev–Trinajstić information content (AvgIpc) is 3.45. The summed E-state index contributed by atoms with van der Waals surface area (Å²) >= 11 is 6.05. The standard InChI is InChI=1S/C35H32ClF2N3O5/c36-24-9-7-21(8-10-24)16-29(39-34(44)31-19-30(42)27-17-25(37)18-28(38)33(27)46-31)35(45)40-14-11-22(12-15-40)26-5-2-1-4-23(26)20-41-13-3-6-32(41)43/h1-2,4-5,7-10,17-19,22,29H,3,6,11-16,20H2,(H,39,44)/t29-/m1/s1. The van der Waals surface area contributed by atoms with Crippen molar-refractivity contribution in [3.8, 4) is 0 Å². The molecule has 0 unspecified atom stereocenters. The van der Waals surface area contributed by atoms with Crippen LogP contribution in [0.1, 0.15) is 58.8 Å². The van der Waals surface area contributed by atoms with Gasteiger partial charge >= 0.3 is 0 Å². The fourth-order valence-electron chi connectivity index (χ4n) is 6.37. The molecule has 1 aromatic heterocycles. The number of nitrogens with zero attached hydrogens (tertiary/aromatic N) is 2. The summed E-state index contributed by atoms with van der Waals surface area (Å²) in [5, 5.41) is 2.87. The van der Waals surface area contributed by atoms with Crippen LogP contribution in [0, 0.1) is 11.6 Å². The van der Waals surface area contributed by atoms with Gasteiger partial charge in [-0.1, -0.05) is 48.0 Å². The molecule has 3 amide bonds. The van der Waals surface area contributed by atoms with Crippen molar-refractivity contribution in [1.29, 1.82) is 0 Å². The van der Waals surface area contributed by atoms with Crippen molar-refractivity contribution in [2.75, 3.05) is 19.6 Å². The number of likely N-dealkylation sites (tertiary alicyclic amines) is 2. The molecule has 238 valence electrons. The van der Waals surface area contributed by atoms with Crippen LogP contribution >= 0.6 is 11.6 Å². The second-order valence-electron chi connectivity index (χ2n) is 11.8. The Morgan fingerprint density at radius 1 is 0.978 bits per heavy atom. The zero-order chi connectivity index (χ0) is 32.4. The van der Waals surface area contributed by atoms with Crippen LogP contribution in [-0.4, -0.2) is 53.2 Å². The molecule has 2 fully saturated rings. The lowest BCUT2D eigenvalue weighted by atomic mass is 9.86. The minimum atomic E-state index is -1.12. The van der Waals surface area contributed by atoms with Crippen molar-refractivity contribution in [3.05, 3.63) is 116 Å². The normalized spacial score (nSPS) is 16.2. The van der Waals surface area contributed by atoms with Crippen molar-refractivity contribution in [3.63, 3.8) is 0 Å². The molecule has 6 rings (SSSR count). The number of nitrogens with one attached hydrogen (secondary N) is 1. The van der Waals surface area contributed by atoms with E-state index in [9.17, 15) is 28.0 Å². The third-order valence-corrected chi connectivity index (χ3v) is 9.01. The first-order valence-electron chi connectivity index (χ1n) is 15.3. The molecule has 2 saturated heterocycles. The first-order chi connectivity index (χ1) is 22.2. The van der Waals surface area contributed by atoms with Gasteiger partial charge in [-0.3, -0.25) is 19.2 Å². The van der Waals surface area contributed by atoms with Crippen molar-refractivity contribution in [1.82, 2.24) is 15.1 Å². The maximum Gasteiger partial charge on any atom is 0.287 e. The van der Waals surface area contributed by atoms with E-state index in [1.165, 1.54) is 5.56 Å². The molecule has 0 saturated carbocycles. The predicted molar refractivity (Wildman–Crippen MR) is 168 cm³/mol. The summed E-state index contributed by atoms with van der Waals surface area (Å²) in [5.41, 5.74) is 1.70. The number of amides is 3. The molecule has 8 nitrogen and oxygen atoms in total. The molecule has 2 aliphatic heterocycles. The highest BCUT2D eigenvalue weighted by Gasteiger charge is 2.32. The molecule has 4 aromatic rings. The van der Waals surface area contributed by atoms with Crippen LogP contribution in [0.5, 0.6) is 0 Å². The Bertz CT molecular complexity index is 1850. The van der Waals surface area contributed by atoms with Crippen LogP contribution in [0.25, 0.3) is 11.0 Å². The lowest BCUT2D eigenvalue weighted by Crippen LogP contribution is -2.51. The zero-order valence-corrected chi connectivity index (χ0v) is 25.7. The number of carbonyl (C=O) groups is 3. The smallest absolute Gasteiger partial charge is 0.287 e. The van der Waals surface area contributed by atoms with Gasteiger partial charge in [-0.15, -0.1) is 0 Å². The molecule has 1 atom stereocenters. The molecule has 2 aliphatic rings. The quantitative estimate of drug-likeness (QED) is 0.269. The Morgan fingerprint density at radius 2 is 1.72 bits per heavy atom. The molecule has 1 N–H and O–H groups in total. The van der Waals surface area contributed by atoms with Gasteiger partial charge in [-0.2, -0.15) is 0 Å². The number of benzene rings is 3. The number of hydrogen-bond donors (Lipinski definition) is 1. The Balaban J connectivity index is 1.19. The van der Waals surface area contributed by atoms with E-state index in [4.69, 9.17) is 16.0 Å². The van der Waals surface area contributed by atoms with Crippen molar-refractivity contribution < 1.29 is 27.6 Å². The van der Waals surface area contributed by atoms with Gasteiger partial charge in [-0.25, -0.2) is 8.78 Å². The van der Waals surface area contributed by atoms with Crippen LogP contribution in [0.3, 0.4) is 0 Å². The van der Waals surface area contributed by atoms with Gasteiger partial charge in [-0.05, 0) is 60.1 Å². The van der Waals surface area contributed by atoms with E-state index >= 15 is 0 Å². The number of carbonyl (C=O) groups excluding carboxylic acids is 3. The minimum Gasteiger partial charge on any atom is -0.448 e. The SMILES string of the molecule is O=C(N[C@H](Cc1ccc(Cl)cc1)C(=O)N1CCC(c2ccccc2CN2CCCC2=O)CC1)c1cc(=O)c2cc(F)cc(F)c2o1. The summed E-state index contributed by atoms with van der Waals surface area (Å²) in [6.07, 6.45) is 2.99. The monoisotopic (exact) mass is 647 g/mol. The third kappa shape index (κ3) is 6.82. The third-order valence-electron chi connectivity index (χ3n) is 8.76. The molecule has 11 heteroatoms. The molecule has 0 spiro atoms. The maximum absolute atomic E-state index is 14.4. The van der Waals surface area contributed by atoms with Gasteiger partial charge < -0.3 is 19.5 Å². The van der Waals surface area contributed by atoms with Gasteiger partial charge in [0.2, 0.25) is 11.8 Å². The summed E-state index contributed by atoms with van der Waals surface area (Å²) in [4.78, 5) is 55.7. The molecule has 3 heterocycles. The van der Waals surface area contributed by atoms with Crippen LogP contribution in [-0.2, 0) is 22.6 Å². The molecule has 3 aromatic carbocycles. The number of fused-ring (bicyclic) bond motifs is 1. The average molecular weight is 648 g/mol. The minimum absolute atomic E-state index is 0.131. The van der Waals surface area contributed by atoms with Crippen LogP contribution in [0.2, 0.25) is 5.02 Å². The van der Waals surface area contributed by atoms with E-state index in [0.29, 0.717) is 50.0 Å². The zero-order valence-electron chi connectivity index (χ0n) is 24.9. The van der Waals surface area contributed by atoms with Gasteiger partial charge in [0.25, 0.3) is 5.91 Å². The highest BCUT2D eigenvalue weighted by Crippen LogP contribution is 2.32. The van der Waals surface area contributed by atoms with Gasteiger partial charge in [0.15, 0.2) is 22.6 Å². The molecule has 0 radical (unpaired) electrons. The van der Waals surface area contributed by atoms with E-state index in [1.54, 1.807) is 29.2 Å². The fourth-order valence-corrected chi connectivity index (χ4v) is 6.49. The summed E-state index contributed by atoms with van der Waals surface area (Å²) in [6.45, 7) is 2.24. The van der Waals surface area contributed by atoms with Crippen LogP contribution < -0.4 is 10.7 Å². The maximum atomic E-state index is 14.4. The lowest BCUT2D eigenvalue weighted by molar-refractivity contribution is -0.134. The molecular weight excluding hydrogens is 616 g/mol. The molecular formula is C35H32ClF2N3O5. The fraction of sp³-hybridized carbons (Fsp3) is 0.314. The van der Waals surface area contributed by atoms with E-state index in [1.807, 2.05) is 17.0 Å². The largest absolute Gasteiger partial charge is 0.448 e. The highest BCUT2D eigenvalue weighted by atomic mass is 35.5. The number of halogens is 3. The van der Waals surface area contributed by atoms with Gasteiger partial charge in [0.1, 0.15) is 11.9 Å². The summed E-state index contributed by atoms with van der Waals surface area (Å²) in [6, 6.07) is 16.2. The summed E-state index contributed by atoms with van der Waals surface area (Å²) < 4.78 is 33.5. The first-order valence-corrected chi connectivity index (χ1v) is 15.7. The topological polar surface area (TPSA) is 99.9 Å². The van der Waals surface area contributed by atoms with Crippen LogP contribution in [0.4, 0.5) is 8.78 Å². The van der Waals surface area contributed by atoms with Crippen molar-refractivity contribution in [2.45, 2.75) is 50.6 Å². The van der Waals surface area contributed by atoms with Gasteiger partial charge in [0, 0.05) is 56.2 Å². The Kier molecular flexibility index (Phi) is 9.17.